The Labute approximate surface area is 255 Å². The van der Waals surface area contributed by atoms with Crippen LogP contribution >= 0.6 is 11.6 Å². The van der Waals surface area contributed by atoms with E-state index in [-0.39, 0.29) is 29.1 Å². The van der Waals surface area contributed by atoms with Crippen molar-refractivity contribution in [2.75, 3.05) is 20.3 Å². The highest BCUT2D eigenvalue weighted by atomic mass is 35.5. The van der Waals surface area contributed by atoms with Gasteiger partial charge in [-0.15, -0.1) is 0 Å². The highest BCUT2D eigenvalue weighted by Crippen LogP contribution is 2.31. The van der Waals surface area contributed by atoms with Gasteiger partial charge in [-0.1, -0.05) is 23.7 Å². The minimum atomic E-state index is -0.526. The molecule has 8 N–H and O–H groups in total. The van der Waals surface area contributed by atoms with Crippen LogP contribution in [0.2, 0.25) is 5.02 Å². The van der Waals surface area contributed by atoms with Crippen LogP contribution in [-0.2, 0) is 11.2 Å². The van der Waals surface area contributed by atoms with Crippen molar-refractivity contribution in [3.8, 4) is 16.9 Å². The van der Waals surface area contributed by atoms with Gasteiger partial charge in [-0.3, -0.25) is 9.56 Å². The summed E-state index contributed by atoms with van der Waals surface area (Å²) in [7, 11) is 1.65. The first-order chi connectivity index (χ1) is 20.5. The van der Waals surface area contributed by atoms with E-state index in [9.17, 15) is 4.79 Å². The Morgan fingerprint density at radius 2 is 1.93 bits per heavy atom. The Morgan fingerprint density at radius 3 is 2.60 bits per heavy atom. The Morgan fingerprint density at radius 1 is 1.19 bits per heavy atom. The van der Waals surface area contributed by atoms with E-state index in [4.69, 9.17) is 33.5 Å². The topological polar surface area (TPSA) is 162 Å². The van der Waals surface area contributed by atoms with Crippen LogP contribution in [-0.4, -0.2) is 52.8 Å². The molecule has 0 aliphatic carbocycles. The van der Waals surface area contributed by atoms with E-state index in [0.29, 0.717) is 47.6 Å². The molecule has 0 saturated heterocycles. The average molecular weight is 611 g/mol. The molecule has 12 heteroatoms. The number of hydrogen-bond acceptors (Lipinski definition) is 6. The molecule has 43 heavy (non-hydrogen) atoms. The highest BCUT2D eigenvalue weighted by molar-refractivity contribution is 6.31. The van der Waals surface area contributed by atoms with Gasteiger partial charge < -0.3 is 32.2 Å². The standard InChI is InChI=1S/C31H40ClFN8O2/c1-18(34)5-4-6-20-13-25(28(33)26(32)14-20)27-15-22-16-41(31(42)40-29(22)39-27)24-9-7-21(8-10-24)19(2)38-23(17-43-3)11-12-37-30(35)36/h7-10,13-16,18-19,23,38H,4-6,11-12,17,34H2,1-3H3,(H4,35,36,37)(H,39,40,42)/t18-,19-,23-/m0/s1. The molecule has 230 valence electrons. The van der Waals surface area contributed by atoms with Gasteiger partial charge >= 0.3 is 5.69 Å². The van der Waals surface area contributed by atoms with Crippen molar-refractivity contribution in [1.29, 1.82) is 0 Å². The molecular formula is C31H40ClFN8O2. The largest absolute Gasteiger partial charge is 0.383 e. The summed E-state index contributed by atoms with van der Waals surface area (Å²) in [4.78, 5) is 24.4. The number of nitrogens with two attached hydrogens (primary N) is 3. The Balaban J connectivity index is 1.54. The van der Waals surface area contributed by atoms with Crippen molar-refractivity contribution in [2.24, 2.45) is 22.2 Å². The summed E-state index contributed by atoms with van der Waals surface area (Å²) in [6.45, 7) is 5.02. The number of methoxy groups -OCH3 is 1. The summed E-state index contributed by atoms with van der Waals surface area (Å²) in [5, 5.41) is 4.25. The predicted octanol–water partition coefficient (Wildman–Crippen LogP) is 4.17. The smallest absolute Gasteiger partial charge is 0.354 e. The molecule has 10 nitrogen and oxygen atoms in total. The number of ether oxygens (including phenoxy) is 1. The SMILES string of the molecule is COC[C@H](CCN=C(N)N)N[C@@H](C)c1ccc(-n2cc3cc(-c4cc(CCC[C@H](C)N)cc(Cl)c4F)[nH]c3nc2=O)cc1. The number of nitrogens with zero attached hydrogens (tertiary/aromatic N) is 3. The number of aromatic amines is 1. The first kappa shape index (κ1) is 32.2. The zero-order chi connectivity index (χ0) is 31.1. The number of halogens is 2. The van der Waals surface area contributed by atoms with Crippen LogP contribution in [0.3, 0.4) is 0 Å². The summed E-state index contributed by atoms with van der Waals surface area (Å²) in [6, 6.07) is 13.0. The average Bonchev–Trinajstić information content (AvgIpc) is 3.36. The van der Waals surface area contributed by atoms with Gasteiger partial charge in [0.15, 0.2) is 11.8 Å². The van der Waals surface area contributed by atoms with E-state index in [0.717, 1.165) is 30.4 Å². The van der Waals surface area contributed by atoms with Crippen LogP contribution in [0.4, 0.5) is 4.39 Å². The van der Waals surface area contributed by atoms with E-state index >= 15 is 4.39 Å². The second kappa shape index (κ2) is 14.6. The molecule has 3 atom stereocenters. The molecule has 2 aromatic heterocycles. The summed E-state index contributed by atoms with van der Waals surface area (Å²) in [6.07, 6.45) is 4.87. The molecule has 0 fully saturated rings. The van der Waals surface area contributed by atoms with Gasteiger partial charge in [0, 0.05) is 48.9 Å². The molecule has 0 amide bonds. The number of nitrogens with one attached hydrogen (secondary N) is 2. The molecule has 0 aliphatic rings. The number of rotatable bonds is 14. The number of H-pyrrole nitrogens is 1. The number of aliphatic imine (C=N–C) groups is 1. The molecule has 2 heterocycles. The number of aryl methyl sites for hydroxylation is 1. The quantitative estimate of drug-likeness (QED) is 0.106. The number of hydrogen-bond donors (Lipinski definition) is 5. The maximum absolute atomic E-state index is 15.1. The fourth-order valence-corrected chi connectivity index (χ4v) is 5.32. The van der Waals surface area contributed by atoms with Crippen molar-refractivity contribution in [3.63, 3.8) is 0 Å². The lowest BCUT2D eigenvalue weighted by molar-refractivity contribution is 0.158. The first-order valence-corrected chi connectivity index (χ1v) is 14.7. The van der Waals surface area contributed by atoms with Gasteiger partial charge in [0.05, 0.1) is 23.0 Å². The van der Waals surface area contributed by atoms with Crippen LogP contribution in [0.15, 0.2) is 58.4 Å². The normalized spacial score (nSPS) is 13.6. The van der Waals surface area contributed by atoms with Crippen LogP contribution in [0.25, 0.3) is 28.0 Å². The van der Waals surface area contributed by atoms with Gasteiger partial charge in [-0.2, -0.15) is 4.98 Å². The van der Waals surface area contributed by atoms with Crippen molar-refractivity contribution < 1.29 is 9.13 Å². The number of aromatic nitrogens is 3. The van der Waals surface area contributed by atoms with E-state index in [1.165, 1.54) is 4.57 Å². The fourth-order valence-electron chi connectivity index (χ4n) is 5.08. The van der Waals surface area contributed by atoms with E-state index < -0.39 is 11.5 Å². The molecule has 0 bridgehead atoms. The molecule has 0 radical (unpaired) electrons. The molecule has 0 spiro atoms. The van der Waals surface area contributed by atoms with Crippen LogP contribution in [0.5, 0.6) is 0 Å². The van der Waals surface area contributed by atoms with Crippen LogP contribution in [0.1, 0.15) is 50.3 Å². The first-order valence-electron chi connectivity index (χ1n) is 14.3. The lowest BCUT2D eigenvalue weighted by Gasteiger charge is -2.23. The molecule has 4 aromatic rings. The van der Waals surface area contributed by atoms with Gasteiger partial charge in [0.25, 0.3) is 0 Å². The molecule has 0 saturated carbocycles. The zero-order valence-electron chi connectivity index (χ0n) is 24.7. The molecule has 0 aliphatic heterocycles. The second-order valence-electron chi connectivity index (χ2n) is 10.9. The predicted molar refractivity (Wildman–Crippen MR) is 171 cm³/mol. The van der Waals surface area contributed by atoms with Crippen molar-refractivity contribution in [2.45, 2.75) is 57.7 Å². The molecule has 2 aromatic carbocycles. The minimum Gasteiger partial charge on any atom is -0.383 e. The van der Waals surface area contributed by atoms with Crippen molar-refractivity contribution in [1.82, 2.24) is 19.9 Å². The lowest BCUT2D eigenvalue weighted by atomic mass is 10.0. The van der Waals surface area contributed by atoms with Crippen LogP contribution < -0.4 is 28.2 Å². The van der Waals surface area contributed by atoms with Gasteiger partial charge in [0.2, 0.25) is 0 Å². The van der Waals surface area contributed by atoms with E-state index in [2.05, 4.69) is 27.2 Å². The highest BCUT2D eigenvalue weighted by Gasteiger charge is 2.17. The minimum absolute atomic E-state index is 0.00847. The number of benzene rings is 2. The zero-order valence-corrected chi connectivity index (χ0v) is 25.5. The third kappa shape index (κ3) is 8.41. The molecular weight excluding hydrogens is 571 g/mol. The number of fused-ring (bicyclic) bond motifs is 1. The summed E-state index contributed by atoms with van der Waals surface area (Å²) in [5.74, 6) is -0.463. The van der Waals surface area contributed by atoms with Crippen molar-refractivity contribution in [3.05, 3.63) is 81.1 Å². The monoisotopic (exact) mass is 610 g/mol. The molecule has 4 rings (SSSR count). The summed E-state index contributed by atoms with van der Waals surface area (Å²) >= 11 is 6.24. The Kier molecular flexibility index (Phi) is 10.9. The molecule has 0 unspecified atom stereocenters. The third-order valence-electron chi connectivity index (χ3n) is 7.31. The number of guanidine groups is 1. The van der Waals surface area contributed by atoms with Gasteiger partial charge in [0.1, 0.15) is 5.65 Å². The maximum Gasteiger partial charge on any atom is 0.354 e. The lowest BCUT2D eigenvalue weighted by Crippen LogP contribution is -2.36. The van der Waals surface area contributed by atoms with Crippen LogP contribution in [0, 0.1) is 5.82 Å². The summed E-state index contributed by atoms with van der Waals surface area (Å²) < 4.78 is 21.9. The van der Waals surface area contributed by atoms with Gasteiger partial charge in [-0.25, -0.2) is 9.18 Å². The Hall–Kier alpha value is -3.77. The maximum atomic E-state index is 15.1. The fraction of sp³-hybridized carbons (Fsp3) is 0.387. The van der Waals surface area contributed by atoms with E-state index in [1.54, 1.807) is 31.5 Å². The Bertz CT molecular complexity index is 1610. The summed E-state index contributed by atoms with van der Waals surface area (Å²) in [5.41, 5.74) is 20.1. The van der Waals surface area contributed by atoms with Crippen molar-refractivity contribution >= 4 is 28.6 Å². The second-order valence-corrected chi connectivity index (χ2v) is 11.3. The van der Waals surface area contributed by atoms with E-state index in [1.807, 2.05) is 31.2 Å². The van der Waals surface area contributed by atoms with Gasteiger partial charge in [-0.05, 0) is 81.0 Å². The third-order valence-corrected chi connectivity index (χ3v) is 7.58.